The van der Waals surface area contributed by atoms with E-state index in [0.717, 1.165) is 19.3 Å². The molecule has 0 N–H and O–H groups in total. The van der Waals surface area contributed by atoms with Crippen molar-refractivity contribution in [3.63, 3.8) is 0 Å². The zero-order valence-electron chi connectivity index (χ0n) is 10.3. The summed E-state index contributed by atoms with van der Waals surface area (Å²) in [6.07, 6.45) is 6.83. The molecule has 1 nitrogen and oxygen atoms in total. The highest BCUT2D eigenvalue weighted by molar-refractivity contribution is 5.89. The highest BCUT2D eigenvalue weighted by Crippen LogP contribution is 2.18. The van der Waals surface area contributed by atoms with E-state index in [1.165, 1.54) is 11.6 Å². The highest BCUT2D eigenvalue weighted by atomic mass is 16.1. The van der Waals surface area contributed by atoms with Crippen LogP contribution in [0.1, 0.15) is 24.8 Å². The molecule has 90 valence electrons. The number of aryl methyl sites for hydroxylation is 1. The maximum absolute atomic E-state index is 11.4. The van der Waals surface area contributed by atoms with Crippen molar-refractivity contribution in [3.8, 4) is 0 Å². The lowest BCUT2D eigenvalue weighted by Crippen LogP contribution is -2.07. The van der Waals surface area contributed by atoms with Gasteiger partial charge in [0.15, 0.2) is 5.78 Å². The largest absolute Gasteiger partial charge is 0.295 e. The fraction of sp³-hybridized carbons (Fsp3) is 0.312. The Hall–Kier alpha value is -1.63. The van der Waals surface area contributed by atoms with Crippen LogP contribution in [0.4, 0.5) is 0 Å². The number of rotatable bonds is 8. The first-order valence-electron chi connectivity index (χ1n) is 6.06. The lowest BCUT2D eigenvalue weighted by atomic mass is 9.92. The van der Waals surface area contributed by atoms with E-state index in [1.807, 2.05) is 24.3 Å². The molecule has 0 amide bonds. The Labute approximate surface area is 104 Å². The van der Waals surface area contributed by atoms with E-state index in [1.54, 1.807) is 0 Å². The van der Waals surface area contributed by atoms with Crippen molar-refractivity contribution in [1.29, 1.82) is 0 Å². The molecule has 0 aliphatic heterocycles. The zero-order chi connectivity index (χ0) is 12.5. The predicted molar refractivity (Wildman–Crippen MR) is 72.9 cm³/mol. The average molecular weight is 228 g/mol. The Morgan fingerprint density at radius 2 is 1.94 bits per heavy atom. The molecule has 0 bridgehead atoms. The van der Waals surface area contributed by atoms with E-state index >= 15 is 0 Å². The topological polar surface area (TPSA) is 17.1 Å². The molecule has 0 saturated heterocycles. The lowest BCUT2D eigenvalue weighted by Gasteiger charge is -2.13. The molecule has 0 radical (unpaired) electrons. The molecule has 0 fully saturated rings. The van der Waals surface area contributed by atoms with Crippen LogP contribution in [0.15, 0.2) is 55.6 Å². The quantitative estimate of drug-likeness (QED) is 0.486. The fourth-order valence-electron chi connectivity index (χ4n) is 1.92. The molecule has 1 rings (SSSR count). The standard InChI is InChI=1S/C16H20O/c1-3-8-15(13-16(17)4-2)12-11-14-9-6-5-7-10-14/h3-7,9-10,15H,1-2,8,11-13H2/t15-/m1/s1. The smallest absolute Gasteiger partial charge is 0.155 e. The van der Waals surface area contributed by atoms with Gasteiger partial charge in [-0.1, -0.05) is 43.0 Å². The second-order valence-corrected chi connectivity index (χ2v) is 4.29. The van der Waals surface area contributed by atoms with Gasteiger partial charge in [0.2, 0.25) is 0 Å². The molecule has 1 aromatic rings. The molecule has 0 saturated carbocycles. The van der Waals surface area contributed by atoms with Crippen molar-refractivity contribution in [2.45, 2.75) is 25.7 Å². The molecular weight excluding hydrogens is 208 g/mol. The van der Waals surface area contributed by atoms with E-state index < -0.39 is 0 Å². The van der Waals surface area contributed by atoms with Crippen molar-refractivity contribution in [2.24, 2.45) is 5.92 Å². The molecule has 0 aliphatic carbocycles. The molecule has 0 aliphatic rings. The van der Waals surface area contributed by atoms with Crippen LogP contribution in [0, 0.1) is 5.92 Å². The van der Waals surface area contributed by atoms with Crippen LogP contribution in [0.3, 0.4) is 0 Å². The Kier molecular flexibility index (Phi) is 6.02. The summed E-state index contributed by atoms with van der Waals surface area (Å²) in [6, 6.07) is 10.4. The average Bonchev–Trinajstić information content (AvgIpc) is 2.37. The number of carbonyl (C=O) groups excluding carboxylic acids is 1. The number of benzene rings is 1. The number of ketones is 1. The Balaban J connectivity index is 2.46. The maximum Gasteiger partial charge on any atom is 0.155 e. The third kappa shape index (κ3) is 5.30. The van der Waals surface area contributed by atoms with Crippen LogP contribution in [0.2, 0.25) is 0 Å². The van der Waals surface area contributed by atoms with Gasteiger partial charge in [-0.05, 0) is 36.8 Å². The Morgan fingerprint density at radius 1 is 1.24 bits per heavy atom. The normalized spacial score (nSPS) is 11.8. The van der Waals surface area contributed by atoms with Gasteiger partial charge in [0.1, 0.15) is 0 Å². The summed E-state index contributed by atoms with van der Waals surface area (Å²) >= 11 is 0. The summed E-state index contributed by atoms with van der Waals surface area (Å²) in [5.41, 5.74) is 1.33. The van der Waals surface area contributed by atoms with Gasteiger partial charge in [0, 0.05) is 6.42 Å². The summed E-state index contributed by atoms with van der Waals surface area (Å²) < 4.78 is 0. The highest BCUT2D eigenvalue weighted by Gasteiger charge is 2.10. The molecule has 17 heavy (non-hydrogen) atoms. The number of hydrogen-bond donors (Lipinski definition) is 0. The van der Waals surface area contributed by atoms with Crippen molar-refractivity contribution in [2.75, 3.05) is 0 Å². The van der Waals surface area contributed by atoms with Gasteiger partial charge in [-0.25, -0.2) is 0 Å². The van der Waals surface area contributed by atoms with Crippen LogP contribution < -0.4 is 0 Å². The molecular formula is C16H20O. The first kappa shape index (κ1) is 13.4. The molecule has 1 heteroatoms. The summed E-state index contributed by atoms with van der Waals surface area (Å²) in [5.74, 6) is 0.517. The second-order valence-electron chi connectivity index (χ2n) is 4.29. The number of hydrogen-bond acceptors (Lipinski definition) is 1. The van der Waals surface area contributed by atoms with Crippen molar-refractivity contribution in [1.82, 2.24) is 0 Å². The Morgan fingerprint density at radius 3 is 2.53 bits per heavy atom. The zero-order valence-corrected chi connectivity index (χ0v) is 10.3. The molecule has 0 aromatic heterocycles. The molecule has 1 atom stereocenters. The molecule has 1 aromatic carbocycles. The van der Waals surface area contributed by atoms with Gasteiger partial charge in [0.05, 0.1) is 0 Å². The lowest BCUT2D eigenvalue weighted by molar-refractivity contribution is -0.115. The summed E-state index contributed by atoms with van der Waals surface area (Å²) in [7, 11) is 0. The van der Waals surface area contributed by atoms with E-state index in [9.17, 15) is 4.79 Å². The predicted octanol–water partition coefficient (Wildman–Crippen LogP) is 3.96. The van der Waals surface area contributed by atoms with Gasteiger partial charge in [-0.15, -0.1) is 6.58 Å². The maximum atomic E-state index is 11.4. The third-order valence-corrected chi connectivity index (χ3v) is 2.90. The second kappa shape index (κ2) is 7.61. The molecule has 0 spiro atoms. The van der Waals surface area contributed by atoms with Crippen LogP contribution in [-0.4, -0.2) is 5.78 Å². The van der Waals surface area contributed by atoms with Gasteiger partial charge < -0.3 is 0 Å². The molecule has 0 heterocycles. The van der Waals surface area contributed by atoms with E-state index in [0.29, 0.717) is 12.3 Å². The van der Waals surface area contributed by atoms with Gasteiger partial charge in [0.25, 0.3) is 0 Å². The Bertz CT molecular complexity index is 364. The number of allylic oxidation sites excluding steroid dienone is 2. The van der Waals surface area contributed by atoms with Crippen LogP contribution in [0.25, 0.3) is 0 Å². The van der Waals surface area contributed by atoms with Gasteiger partial charge >= 0.3 is 0 Å². The number of carbonyl (C=O) groups is 1. The SMILES string of the molecule is C=CC[C@H](CCc1ccccc1)CC(=O)C=C. The van der Waals surface area contributed by atoms with Crippen molar-refractivity contribution >= 4 is 5.78 Å². The monoisotopic (exact) mass is 228 g/mol. The van der Waals surface area contributed by atoms with Crippen molar-refractivity contribution in [3.05, 3.63) is 61.2 Å². The third-order valence-electron chi connectivity index (χ3n) is 2.90. The van der Waals surface area contributed by atoms with E-state index in [2.05, 4.69) is 25.3 Å². The molecule has 0 unspecified atom stereocenters. The van der Waals surface area contributed by atoms with Crippen LogP contribution in [-0.2, 0) is 11.2 Å². The van der Waals surface area contributed by atoms with Crippen LogP contribution in [0.5, 0.6) is 0 Å². The van der Waals surface area contributed by atoms with Crippen LogP contribution >= 0.6 is 0 Å². The summed E-state index contributed by atoms with van der Waals surface area (Å²) in [6.45, 7) is 7.27. The van der Waals surface area contributed by atoms with Gasteiger partial charge in [-0.2, -0.15) is 0 Å². The fourth-order valence-corrected chi connectivity index (χ4v) is 1.92. The van der Waals surface area contributed by atoms with Crippen molar-refractivity contribution < 1.29 is 4.79 Å². The first-order chi connectivity index (χ1) is 8.26. The minimum absolute atomic E-state index is 0.130. The van der Waals surface area contributed by atoms with E-state index in [4.69, 9.17) is 0 Å². The first-order valence-corrected chi connectivity index (χ1v) is 6.06. The summed E-state index contributed by atoms with van der Waals surface area (Å²) in [5, 5.41) is 0. The minimum atomic E-state index is 0.130. The van der Waals surface area contributed by atoms with Gasteiger partial charge in [-0.3, -0.25) is 4.79 Å². The van der Waals surface area contributed by atoms with E-state index in [-0.39, 0.29) is 5.78 Å². The minimum Gasteiger partial charge on any atom is -0.295 e. The summed E-state index contributed by atoms with van der Waals surface area (Å²) in [4.78, 5) is 11.4.